The SMILES string of the molecule is CCOCCCNC(=NC)NC1CN(C(=O)OC(C)(C)C)C1. The van der Waals surface area contributed by atoms with Crippen molar-refractivity contribution >= 4 is 12.1 Å². The van der Waals surface area contributed by atoms with Crippen molar-refractivity contribution in [3.8, 4) is 0 Å². The molecule has 1 saturated heterocycles. The second-order valence-electron chi connectivity index (χ2n) is 6.28. The largest absolute Gasteiger partial charge is 0.444 e. The van der Waals surface area contributed by atoms with Gasteiger partial charge in [0.1, 0.15) is 5.60 Å². The number of aliphatic imine (C=N–C) groups is 1. The van der Waals surface area contributed by atoms with Gasteiger partial charge in [0.2, 0.25) is 0 Å². The van der Waals surface area contributed by atoms with Gasteiger partial charge in [-0.3, -0.25) is 4.99 Å². The van der Waals surface area contributed by atoms with E-state index in [0.717, 1.165) is 32.1 Å². The highest BCUT2D eigenvalue weighted by Gasteiger charge is 2.34. The molecule has 0 unspecified atom stereocenters. The van der Waals surface area contributed by atoms with E-state index >= 15 is 0 Å². The van der Waals surface area contributed by atoms with Gasteiger partial charge in [-0.2, -0.15) is 0 Å². The molecule has 0 saturated carbocycles. The van der Waals surface area contributed by atoms with Crippen LogP contribution in [0.25, 0.3) is 0 Å². The van der Waals surface area contributed by atoms with E-state index in [1.165, 1.54) is 0 Å². The first-order chi connectivity index (χ1) is 10.4. The van der Waals surface area contributed by atoms with Crippen molar-refractivity contribution in [2.24, 2.45) is 4.99 Å². The van der Waals surface area contributed by atoms with E-state index in [-0.39, 0.29) is 12.1 Å². The summed E-state index contributed by atoms with van der Waals surface area (Å²) in [6.45, 7) is 11.2. The number of guanidine groups is 1. The van der Waals surface area contributed by atoms with Crippen LogP contribution in [0.15, 0.2) is 4.99 Å². The first kappa shape index (κ1) is 18.5. The Bertz CT molecular complexity index is 373. The molecule has 22 heavy (non-hydrogen) atoms. The molecular formula is C15H30N4O3. The zero-order valence-corrected chi connectivity index (χ0v) is 14.4. The van der Waals surface area contributed by atoms with Crippen molar-refractivity contribution in [2.45, 2.75) is 45.8 Å². The summed E-state index contributed by atoms with van der Waals surface area (Å²) in [6, 6.07) is 0.214. The van der Waals surface area contributed by atoms with Crippen molar-refractivity contribution in [3.05, 3.63) is 0 Å². The number of nitrogens with zero attached hydrogens (tertiary/aromatic N) is 2. The molecule has 0 bridgehead atoms. The average Bonchev–Trinajstić information content (AvgIpc) is 2.37. The Balaban J connectivity index is 2.19. The number of rotatable bonds is 6. The number of carbonyl (C=O) groups is 1. The second-order valence-corrected chi connectivity index (χ2v) is 6.28. The quantitative estimate of drug-likeness (QED) is 0.438. The number of amides is 1. The van der Waals surface area contributed by atoms with Crippen molar-refractivity contribution in [3.63, 3.8) is 0 Å². The number of ether oxygens (including phenoxy) is 2. The lowest BCUT2D eigenvalue weighted by Crippen LogP contribution is -2.63. The van der Waals surface area contributed by atoms with Crippen molar-refractivity contribution < 1.29 is 14.3 Å². The Kier molecular flexibility index (Phi) is 7.44. The van der Waals surface area contributed by atoms with Crippen LogP contribution >= 0.6 is 0 Å². The summed E-state index contributed by atoms with van der Waals surface area (Å²) in [5, 5.41) is 6.52. The number of hydrogen-bond donors (Lipinski definition) is 2. The molecule has 0 aromatic heterocycles. The standard InChI is InChI=1S/C15H30N4O3/c1-6-21-9-7-8-17-13(16-5)18-12-10-19(11-12)14(20)22-15(2,3)4/h12H,6-11H2,1-5H3,(H2,16,17,18). The van der Waals surface area contributed by atoms with Crippen LogP contribution < -0.4 is 10.6 Å². The fraction of sp³-hybridized carbons (Fsp3) is 0.867. The topological polar surface area (TPSA) is 75.2 Å². The first-order valence-corrected chi connectivity index (χ1v) is 7.88. The Morgan fingerprint density at radius 3 is 2.59 bits per heavy atom. The number of nitrogens with one attached hydrogen (secondary N) is 2. The van der Waals surface area contributed by atoms with E-state index in [0.29, 0.717) is 13.1 Å². The van der Waals surface area contributed by atoms with Crippen molar-refractivity contribution in [1.29, 1.82) is 0 Å². The molecular weight excluding hydrogens is 284 g/mol. The molecule has 7 heteroatoms. The number of hydrogen-bond acceptors (Lipinski definition) is 4. The minimum Gasteiger partial charge on any atom is -0.444 e. The highest BCUT2D eigenvalue weighted by molar-refractivity contribution is 5.80. The van der Waals surface area contributed by atoms with Gasteiger partial charge in [0.25, 0.3) is 0 Å². The van der Waals surface area contributed by atoms with Gasteiger partial charge >= 0.3 is 6.09 Å². The normalized spacial score (nSPS) is 16.2. The Morgan fingerprint density at radius 2 is 2.05 bits per heavy atom. The third-order valence-electron chi connectivity index (χ3n) is 3.06. The van der Waals surface area contributed by atoms with Crippen LogP contribution in [0.4, 0.5) is 4.79 Å². The zero-order valence-electron chi connectivity index (χ0n) is 14.4. The monoisotopic (exact) mass is 314 g/mol. The van der Waals surface area contributed by atoms with E-state index in [9.17, 15) is 4.79 Å². The van der Waals surface area contributed by atoms with Crippen molar-refractivity contribution in [1.82, 2.24) is 15.5 Å². The number of likely N-dealkylation sites (tertiary alicyclic amines) is 1. The molecule has 0 aromatic carbocycles. The molecule has 1 heterocycles. The van der Waals surface area contributed by atoms with Crippen LogP contribution in [-0.2, 0) is 9.47 Å². The summed E-state index contributed by atoms with van der Waals surface area (Å²) in [5.41, 5.74) is -0.451. The fourth-order valence-corrected chi connectivity index (χ4v) is 1.96. The third kappa shape index (κ3) is 6.98. The van der Waals surface area contributed by atoms with E-state index in [1.807, 2.05) is 27.7 Å². The van der Waals surface area contributed by atoms with Crippen LogP contribution in [-0.4, -0.2) is 68.5 Å². The van der Waals surface area contributed by atoms with Crippen LogP contribution in [0.3, 0.4) is 0 Å². The maximum absolute atomic E-state index is 11.8. The van der Waals surface area contributed by atoms with Gasteiger partial charge in [-0.25, -0.2) is 4.79 Å². The molecule has 7 nitrogen and oxygen atoms in total. The third-order valence-corrected chi connectivity index (χ3v) is 3.06. The molecule has 128 valence electrons. The molecule has 0 radical (unpaired) electrons. The molecule has 1 aliphatic heterocycles. The van der Waals surface area contributed by atoms with Crippen LogP contribution in [0.2, 0.25) is 0 Å². The summed E-state index contributed by atoms with van der Waals surface area (Å²) in [5.74, 6) is 0.755. The summed E-state index contributed by atoms with van der Waals surface area (Å²) in [6.07, 6.45) is 0.675. The summed E-state index contributed by atoms with van der Waals surface area (Å²) >= 11 is 0. The van der Waals surface area contributed by atoms with Gasteiger partial charge in [0, 0.05) is 39.9 Å². The second kappa shape index (κ2) is 8.82. The maximum atomic E-state index is 11.8. The van der Waals surface area contributed by atoms with E-state index < -0.39 is 5.60 Å². The first-order valence-electron chi connectivity index (χ1n) is 7.88. The van der Waals surface area contributed by atoms with Gasteiger partial charge in [0.05, 0.1) is 6.04 Å². The molecule has 0 aromatic rings. The smallest absolute Gasteiger partial charge is 0.410 e. The van der Waals surface area contributed by atoms with Gasteiger partial charge in [0.15, 0.2) is 5.96 Å². The van der Waals surface area contributed by atoms with E-state index in [2.05, 4.69) is 15.6 Å². The predicted molar refractivity (Wildman–Crippen MR) is 87.2 cm³/mol. The zero-order chi connectivity index (χ0) is 16.6. The molecule has 1 rings (SSSR count). The number of carbonyl (C=O) groups excluding carboxylic acids is 1. The van der Waals surface area contributed by atoms with Gasteiger partial charge < -0.3 is 25.0 Å². The molecule has 0 spiro atoms. The summed E-state index contributed by atoms with van der Waals surface area (Å²) in [7, 11) is 1.74. The predicted octanol–water partition coefficient (Wildman–Crippen LogP) is 1.20. The fourth-order valence-electron chi connectivity index (χ4n) is 1.96. The van der Waals surface area contributed by atoms with Gasteiger partial charge in [-0.05, 0) is 34.1 Å². The summed E-state index contributed by atoms with van der Waals surface area (Å²) in [4.78, 5) is 17.7. The van der Waals surface area contributed by atoms with Gasteiger partial charge in [-0.1, -0.05) is 0 Å². The van der Waals surface area contributed by atoms with Crippen LogP contribution in [0.5, 0.6) is 0 Å². The van der Waals surface area contributed by atoms with Crippen LogP contribution in [0.1, 0.15) is 34.1 Å². The highest BCUT2D eigenvalue weighted by Crippen LogP contribution is 2.15. The Morgan fingerprint density at radius 1 is 1.36 bits per heavy atom. The lowest BCUT2D eigenvalue weighted by Gasteiger charge is -2.40. The molecule has 0 aliphatic carbocycles. The lowest BCUT2D eigenvalue weighted by molar-refractivity contribution is 0.00700. The molecule has 0 atom stereocenters. The Labute approximate surface area is 133 Å². The van der Waals surface area contributed by atoms with E-state index in [4.69, 9.17) is 9.47 Å². The molecule has 1 amide bonds. The Hall–Kier alpha value is -1.50. The lowest BCUT2D eigenvalue weighted by atomic mass is 10.1. The van der Waals surface area contributed by atoms with E-state index in [1.54, 1.807) is 11.9 Å². The molecule has 1 fully saturated rings. The molecule has 2 N–H and O–H groups in total. The highest BCUT2D eigenvalue weighted by atomic mass is 16.6. The van der Waals surface area contributed by atoms with Gasteiger partial charge in [-0.15, -0.1) is 0 Å². The minimum absolute atomic E-state index is 0.214. The summed E-state index contributed by atoms with van der Waals surface area (Å²) < 4.78 is 10.6. The average molecular weight is 314 g/mol. The minimum atomic E-state index is -0.451. The van der Waals surface area contributed by atoms with Crippen LogP contribution in [0, 0.1) is 0 Å². The van der Waals surface area contributed by atoms with Crippen molar-refractivity contribution in [2.75, 3.05) is 39.9 Å². The maximum Gasteiger partial charge on any atom is 0.410 e. The molecule has 1 aliphatic rings.